The summed E-state index contributed by atoms with van der Waals surface area (Å²) in [5.41, 5.74) is 3.93. The number of nitrogens with zero attached hydrogens (tertiary/aromatic N) is 1. The van der Waals surface area contributed by atoms with Crippen LogP contribution in [0.1, 0.15) is 27.9 Å². The van der Waals surface area contributed by atoms with Crippen LogP contribution >= 0.6 is 34.5 Å². The Bertz CT molecular complexity index is 681. The van der Waals surface area contributed by atoms with Crippen LogP contribution in [0.2, 0.25) is 8.67 Å². The van der Waals surface area contributed by atoms with Gasteiger partial charge in [0, 0.05) is 12.2 Å². The second-order valence-electron chi connectivity index (χ2n) is 4.93. The minimum Gasteiger partial charge on any atom is -0.308 e. The molecule has 0 radical (unpaired) electrons. The Balaban J connectivity index is 2.00. The summed E-state index contributed by atoms with van der Waals surface area (Å²) in [5.74, 6) is -0.0667. The summed E-state index contributed by atoms with van der Waals surface area (Å²) in [6, 6.07) is 7.85. The molecule has 5 heteroatoms. The zero-order valence-corrected chi connectivity index (χ0v) is 13.3. The molecule has 2 nitrogen and oxygen atoms in total. The molecule has 0 spiro atoms. The normalized spacial score (nSPS) is 14.2. The maximum absolute atomic E-state index is 12.7. The van der Waals surface area contributed by atoms with E-state index in [0.29, 0.717) is 14.2 Å². The van der Waals surface area contributed by atoms with Crippen LogP contribution in [0.25, 0.3) is 0 Å². The first-order chi connectivity index (χ1) is 9.56. The Morgan fingerprint density at radius 3 is 2.80 bits per heavy atom. The first-order valence-electron chi connectivity index (χ1n) is 6.42. The number of carbonyl (C=O) groups excluding carboxylic acids is 1. The number of fused-ring (bicyclic) bond motifs is 1. The van der Waals surface area contributed by atoms with E-state index < -0.39 is 0 Å². The fraction of sp³-hybridized carbons (Fsp3) is 0.267. The van der Waals surface area contributed by atoms with Crippen molar-refractivity contribution in [3.63, 3.8) is 0 Å². The minimum absolute atomic E-state index is 0.0667. The lowest BCUT2D eigenvalue weighted by atomic mass is 9.99. The molecule has 0 atom stereocenters. The van der Waals surface area contributed by atoms with Gasteiger partial charge in [-0.3, -0.25) is 4.79 Å². The van der Waals surface area contributed by atoms with Crippen LogP contribution in [-0.4, -0.2) is 12.5 Å². The second-order valence-corrected chi connectivity index (χ2v) is 7.22. The van der Waals surface area contributed by atoms with E-state index in [1.807, 2.05) is 17.0 Å². The summed E-state index contributed by atoms with van der Waals surface area (Å²) in [6.45, 7) is 2.79. The zero-order valence-electron chi connectivity index (χ0n) is 11.0. The third-order valence-electron chi connectivity index (χ3n) is 3.49. The summed E-state index contributed by atoms with van der Waals surface area (Å²) in [4.78, 5) is 14.5. The summed E-state index contributed by atoms with van der Waals surface area (Å²) in [5, 5.41) is 0. The average Bonchev–Trinajstić information content (AvgIpc) is 2.76. The molecule has 0 saturated carbocycles. The van der Waals surface area contributed by atoms with E-state index in [2.05, 4.69) is 13.0 Å². The lowest BCUT2D eigenvalue weighted by Gasteiger charge is -2.29. The highest BCUT2D eigenvalue weighted by atomic mass is 35.5. The van der Waals surface area contributed by atoms with Crippen LogP contribution in [0.4, 0.5) is 5.69 Å². The van der Waals surface area contributed by atoms with Gasteiger partial charge >= 0.3 is 0 Å². The molecule has 1 aromatic heterocycles. The summed E-state index contributed by atoms with van der Waals surface area (Å²) >= 11 is 13.3. The summed E-state index contributed by atoms with van der Waals surface area (Å²) in [6.07, 6.45) is 1.98. The molecule has 1 aliphatic rings. The molecule has 1 aliphatic heterocycles. The van der Waals surface area contributed by atoms with Crippen molar-refractivity contribution in [2.75, 3.05) is 11.4 Å². The molecule has 20 heavy (non-hydrogen) atoms. The fourth-order valence-electron chi connectivity index (χ4n) is 2.57. The monoisotopic (exact) mass is 325 g/mol. The number of benzene rings is 1. The van der Waals surface area contributed by atoms with Gasteiger partial charge in [-0.15, -0.1) is 11.3 Å². The highest BCUT2D eigenvalue weighted by Crippen LogP contribution is 2.35. The SMILES string of the molecule is Cc1ccc2c(c1)CCCN2C(=O)c1cc(Cl)sc1Cl. The van der Waals surface area contributed by atoms with Crippen molar-refractivity contribution < 1.29 is 4.79 Å². The zero-order chi connectivity index (χ0) is 14.3. The molecule has 0 fully saturated rings. The van der Waals surface area contributed by atoms with E-state index in [1.54, 1.807) is 6.07 Å². The van der Waals surface area contributed by atoms with Crippen LogP contribution < -0.4 is 4.90 Å². The standard InChI is InChI=1S/C15H13Cl2NOS/c1-9-4-5-12-10(7-9)3-2-6-18(12)15(19)11-8-13(16)20-14(11)17/h4-5,7-8H,2-3,6H2,1H3. The number of aryl methyl sites for hydroxylation is 2. The highest BCUT2D eigenvalue weighted by Gasteiger charge is 2.26. The third-order valence-corrected chi connectivity index (χ3v) is 4.97. The van der Waals surface area contributed by atoms with Gasteiger partial charge in [0.1, 0.15) is 4.34 Å². The van der Waals surface area contributed by atoms with Gasteiger partial charge in [-0.1, -0.05) is 40.9 Å². The third kappa shape index (κ3) is 2.46. The van der Waals surface area contributed by atoms with Crippen LogP contribution in [0.5, 0.6) is 0 Å². The molecule has 1 aromatic carbocycles. The molecule has 0 N–H and O–H groups in total. The fourth-order valence-corrected chi connectivity index (χ4v) is 4.02. The predicted octanol–water partition coefficient (Wildman–Crippen LogP) is 4.96. The topological polar surface area (TPSA) is 20.3 Å². The van der Waals surface area contributed by atoms with Crippen LogP contribution in [0.15, 0.2) is 24.3 Å². The average molecular weight is 326 g/mol. The Morgan fingerprint density at radius 1 is 1.30 bits per heavy atom. The molecular formula is C15H13Cl2NOS. The Morgan fingerprint density at radius 2 is 2.10 bits per heavy atom. The minimum atomic E-state index is -0.0667. The summed E-state index contributed by atoms with van der Waals surface area (Å²) < 4.78 is 0.999. The van der Waals surface area contributed by atoms with Crippen molar-refractivity contribution in [2.45, 2.75) is 19.8 Å². The molecule has 0 bridgehead atoms. The number of amides is 1. The number of hydrogen-bond donors (Lipinski definition) is 0. The van der Waals surface area contributed by atoms with Crippen LogP contribution in [0, 0.1) is 6.92 Å². The first-order valence-corrected chi connectivity index (χ1v) is 8.00. The lowest BCUT2D eigenvalue weighted by Crippen LogP contribution is -2.35. The molecule has 2 aromatic rings. The van der Waals surface area contributed by atoms with E-state index in [1.165, 1.54) is 22.5 Å². The van der Waals surface area contributed by atoms with Crippen molar-refractivity contribution in [1.82, 2.24) is 0 Å². The number of carbonyl (C=O) groups is 1. The number of rotatable bonds is 1. The Hall–Kier alpha value is -1.03. The van der Waals surface area contributed by atoms with E-state index >= 15 is 0 Å². The van der Waals surface area contributed by atoms with Gasteiger partial charge in [-0.05, 0) is 37.5 Å². The largest absolute Gasteiger partial charge is 0.308 e. The molecule has 2 heterocycles. The van der Waals surface area contributed by atoms with Crippen molar-refractivity contribution in [3.05, 3.63) is 49.6 Å². The quantitative estimate of drug-likeness (QED) is 0.725. The summed E-state index contributed by atoms with van der Waals surface area (Å²) in [7, 11) is 0. The van der Waals surface area contributed by atoms with E-state index in [-0.39, 0.29) is 5.91 Å². The van der Waals surface area contributed by atoms with Gasteiger partial charge in [-0.25, -0.2) is 0 Å². The molecule has 104 valence electrons. The number of thiophene rings is 1. The number of hydrogen-bond acceptors (Lipinski definition) is 2. The van der Waals surface area contributed by atoms with Gasteiger partial charge < -0.3 is 4.90 Å². The first kappa shape index (κ1) is 13.9. The van der Waals surface area contributed by atoms with Gasteiger partial charge in [0.2, 0.25) is 0 Å². The van der Waals surface area contributed by atoms with Gasteiger partial charge in [-0.2, -0.15) is 0 Å². The van der Waals surface area contributed by atoms with Gasteiger partial charge in [0.05, 0.1) is 9.90 Å². The van der Waals surface area contributed by atoms with Crippen LogP contribution in [0.3, 0.4) is 0 Å². The van der Waals surface area contributed by atoms with Crippen LogP contribution in [-0.2, 0) is 6.42 Å². The molecular weight excluding hydrogens is 313 g/mol. The molecule has 0 saturated heterocycles. The highest BCUT2D eigenvalue weighted by molar-refractivity contribution is 7.20. The van der Waals surface area contributed by atoms with Gasteiger partial charge in [0.15, 0.2) is 0 Å². The molecule has 1 amide bonds. The lowest BCUT2D eigenvalue weighted by molar-refractivity contribution is 0.0985. The smallest absolute Gasteiger partial charge is 0.260 e. The Kier molecular flexibility index (Phi) is 3.76. The maximum Gasteiger partial charge on any atom is 0.260 e. The van der Waals surface area contributed by atoms with Gasteiger partial charge in [0.25, 0.3) is 5.91 Å². The Labute approximate surface area is 131 Å². The van der Waals surface area contributed by atoms with Crippen molar-refractivity contribution >= 4 is 46.1 Å². The second kappa shape index (κ2) is 5.40. The molecule has 0 aliphatic carbocycles. The van der Waals surface area contributed by atoms with Crippen molar-refractivity contribution in [3.8, 4) is 0 Å². The number of halogens is 2. The maximum atomic E-state index is 12.7. The predicted molar refractivity (Wildman–Crippen MR) is 85.5 cm³/mol. The van der Waals surface area contributed by atoms with E-state index in [9.17, 15) is 4.79 Å². The molecule has 3 rings (SSSR count). The van der Waals surface area contributed by atoms with E-state index in [4.69, 9.17) is 23.2 Å². The van der Waals surface area contributed by atoms with E-state index in [0.717, 1.165) is 25.1 Å². The van der Waals surface area contributed by atoms with Crippen molar-refractivity contribution in [2.24, 2.45) is 0 Å². The number of anilines is 1. The molecule has 0 unspecified atom stereocenters. The van der Waals surface area contributed by atoms with Crippen molar-refractivity contribution in [1.29, 1.82) is 0 Å².